The SMILES string of the molecule is O=S(=O)(O)c1nc2ccc(SN3CCOCC3)cc2[nH]1. The predicted octanol–water partition coefficient (Wildman–Crippen LogP) is 1.15. The van der Waals surface area contributed by atoms with Gasteiger partial charge in [0.2, 0.25) is 0 Å². The van der Waals surface area contributed by atoms with Crippen molar-refractivity contribution in [2.24, 2.45) is 0 Å². The van der Waals surface area contributed by atoms with E-state index in [1.807, 2.05) is 12.1 Å². The highest BCUT2D eigenvalue weighted by molar-refractivity contribution is 7.97. The molecule has 2 N–H and O–H groups in total. The summed E-state index contributed by atoms with van der Waals surface area (Å²) in [7, 11) is -4.31. The van der Waals surface area contributed by atoms with Crippen LogP contribution in [0.4, 0.5) is 0 Å². The van der Waals surface area contributed by atoms with Crippen molar-refractivity contribution < 1.29 is 17.7 Å². The molecule has 108 valence electrons. The number of hydrogen-bond acceptors (Lipinski definition) is 6. The molecular formula is C11H13N3O4S2. The zero-order chi connectivity index (χ0) is 14.2. The van der Waals surface area contributed by atoms with E-state index in [2.05, 4.69) is 14.3 Å². The van der Waals surface area contributed by atoms with Crippen molar-refractivity contribution in [2.45, 2.75) is 10.1 Å². The van der Waals surface area contributed by atoms with E-state index >= 15 is 0 Å². The van der Waals surface area contributed by atoms with Crippen LogP contribution >= 0.6 is 11.9 Å². The number of benzene rings is 1. The van der Waals surface area contributed by atoms with Gasteiger partial charge in [-0.05, 0) is 30.1 Å². The molecule has 9 heteroatoms. The van der Waals surface area contributed by atoms with Crippen LogP contribution < -0.4 is 0 Å². The Morgan fingerprint density at radius 1 is 1.35 bits per heavy atom. The lowest BCUT2D eigenvalue weighted by molar-refractivity contribution is 0.0773. The first kappa shape index (κ1) is 13.8. The van der Waals surface area contributed by atoms with E-state index in [4.69, 9.17) is 9.29 Å². The van der Waals surface area contributed by atoms with Gasteiger partial charge in [0.25, 0.3) is 5.16 Å². The Morgan fingerprint density at radius 2 is 2.10 bits per heavy atom. The minimum Gasteiger partial charge on any atom is -0.379 e. The summed E-state index contributed by atoms with van der Waals surface area (Å²) in [6.07, 6.45) is 0. The molecule has 0 saturated carbocycles. The van der Waals surface area contributed by atoms with Crippen molar-refractivity contribution in [3.8, 4) is 0 Å². The number of morpholine rings is 1. The largest absolute Gasteiger partial charge is 0.379 e. The van der Waals surface area contributed by atoms with Crippen LogP contribution in [0.2, 0.25) is 0 Å². The molecule has 3 rings (SSSR count). The van der Waals surface area contributed by atoms with Crippen LogP contribution in [-0.2, 0) is 14.9 Å². The number of fused-ring (bicyclic) bond motifs is 1. The molecule has 1 aromatic heterocycles. The van der Waals surface area contributed by atoms with Gasteiger partial charge in [-0.3, -0.25) is 4.55 Å². The van der Waals surface area contributed by atoms with Crippen LogP contribution in [0.15, 0.2) is 28.3 Å². The van der Waals surface area contributed by atoms with E-state index < -0.39 is 15.3 Å². The monoisotopic (exact) mass is 315 g/mol. The van der Waals surface area contributed by atoms with Crippen molar-refractivity contribution >= 4 is 33.1 Å². The van der Waals surface area contributed by atoms with Crippen molar-refractivity contribution in [3.63, 3.8) is 0 Å². The third kappa shape index (κ3) is 2.96. The Bertz CT molecular complexity index is 722. The number of nitrogens with zero attached hydrogens (tertiary/aromatic N) is 2. The quantitative estimate of drug-likeness (QED) is 0.648. The average molecular weight is 315 g/mol. The van der Waals surface area contributed by atoms with E-state index in [-0.39, 0.29) is 0 Å². The molecule has 0 radical (unpaired) electrons. The van der Waals surface area contributed by atoms with Crippen LogP contribution in [0.3, 0.4) is 0 Å². The Balaban J connectivity index is 1.86. The van der Waals surface area contributed by atoms with Gasteiger partial charge in [-0.15, -0.1) is 0 Å². The Labute approximate surface area is 120 Å². The first-order valence-electron chi connectivity index (χ1n) is 6.00. The van der Waals surface area contributed by atoms with Gasteiger partial charge in [0.05, 0.1) is 24.2 Å². The minimum atomic E-state index is -4.31. The van der Waals surface area contributed by atoms with Crippen LogP contribution in [0.5, 0.6) is 0 Å². The highest BCUT2D eigenvalue weighted by atomic mass is 32.2. The van der Waals surface area contributed by atoms with Gasteiger partial charge in [0, 0.05) is 18.0 Å². The van der Waals surface area contributed by atoms with E-state index in [0.29, 0.717) is 24.2 Å². The summed E-state index contributed by atoms with van der Waals surface area (Å²) in [5, 5.41) is -0.430. The smallest absolute Gasteiger partial charge is 0.328 e. The molecule has 2 aromatic rings. The zero-order valence-electron chi connectivity index (χ0n) is 10.4. The second-order valence-corrected chi connectivity index (χ2v) is 6.84. The number of H-pyrrole nitrogens is 1. The average Bonchev–Trinajstić information content (AvgIpc) is 2.83. The minimum absolute atomic E-state index is 0.430. The summed E-state index contributed by atoms with van der Waals surface area (Å²) in [5.74, 6) is 0. The second kappa shape index (κ2) is 5.34. The summed E-state index contributed by atoms with van der Waals surface area (Å²) in [5.41, 5.74) is 1.08. The topological polar surface area (TPSA) is 95.5 Å². The summed E-state index contributed by atoms with van der Waals surface area (Å²) in [6.45, 7) is 3.13. The maximum atomic E-state index is 11.0. The van der Waals surface area contributed by atoms with Crippen molar-refractivity contribution in [3.05, 3.63) is 18.2 Å². The zero-order valence-corrected chi connectivity index (χ0v) is 12.1. The molecule has 20 heavy (non-hydrogen) atoms. The van der Waals surface area contributed by atoms with Gasteiger partial charge >= 0.3 is 10.1 Å². The summed E-state index contributed by atoms with van der Waals surface area (Å²) in [4.78, 5) is 7.42. The number of hydrogen-bond donors (Lipinski definition) is 2. The first-order valence-corrected chi connectivity index (χ1v) is 8.22. The van der Waals surface area contributed by atoms with E-state index in [0.717, 1.165) is 18.0 Å². The van der Waals surface area contributed by atoms with Gasteiger partial charge < -0.3 is 9.72 Å². The Kier molecular flexibility index (Phi) is 3.69. The van der Waals surface area contributed by atoms with Crippen molar-refractivity contribution in [1.29, 1.82) is 0 Å². The fraction of sp³-hybridized carbons (Fsp3) is 0.364. The molecule has 0 spiro atoms. The number of nitrogens with one attached hydrogen (secondary N) is 1. The molecule has 2 heterocycles. The number of rotatable bonds is 3. The van der Waals surface area contributed by atoms with Gasteiger partial charge in [-0.1, -0.05) is 0 Å². The highest BCUT2D eigenvalue weighted by Crippen LogP contribution is 2.26. The van der Waals surface area contributed by atoms with Crippen LogP contribution in [0.1, 0.15) is 0 Å². The summed E-state index contributed by atoms with van der Waals surface area (Å²) < 4.78 is 38.5. The molecule has 1 saturated heterocycles. The maximum absolute atomic E-state index is 11.0. The van der Waals surface area contributed by atoms with Crippen molar-refractivity contribution in [2.75, 3.05) is 26.3 Å². The number of aromatic nitrogens is 2. The van der Waals surface area contributed by atoms with Gasteiger partial charge in [0.1, 0.15) is 0 Å². The van der Waals surface area contributed by atoms with Gasteiger partial charge in [0.15, 0.2) is 0 Å². The molecule has 0 atom stereocenters. The molecule has 1 fully saturated rings. The van der Waals surface area contributed by atoms with Gasteiger partial charge in [-0.25, -0.2) is 9.29 Å². The Hall–Kier alpha value is -1.13. The summed E-state index contributed by atoms with van der Waals surface area (Å²) >= 11 is 1.59. The molecule has 1 aliphatic rings. The molecular weight excluding hydrogens is 302 g/mol. The van der Waals surface area contributed by atoms with E-state index in [1.54, 1.807) is 18.0 Å². The molecule has 1 aromatic carbocycles. The van der Waals surface area contributed by atoms with Crippen LogP contribution in [-0.4, -0.2) is 53.5 Å². The highest BCUT2D eigenvalue weighted by Gasteiger charge is 2.16. The molecule has 0 amide bonds. The van der Waals surface area contributed by atoms with E-state index in [1.165, 1.54) is 0 Å². The number of imidazole rings is 1. The first-order chi connectivity index (χ1) is 9.52. The second-order valence-electron chi connectivity index (χ2n) is 4.33. The normalized spacial score (nSPS) is 17.6. The molecule has 1 aliphatic heterocycles. The number of aromatic amines is 1. The lowest BCUT2D eigenvalue weighted by atomic mass is 10.3. The number of ether oxygens (including phenoxy) is 1. The third-order valence-electron chi connectivity index (χ3n) is 2.88. The lowest BCUT2D eigenvalue weighted by Crippen LogP contribution is -2.30. The fourth-order valence-corrected chi connectivity index (χ4v) is 3.31. The molecule has 0 unspecified atom stereocenters. The maximum Gasteiger partial charge on any atom is 0.328 e. The summed E-state index contributed by atoms with van der Waals surface area (Å²) in [6, 6.07) is 5.41. The Morgan fingerprint density at radius 3 is 2.80 bits per heavy atom. The van der Waals surface area contributed by atoms with Crippen LogP contribution in [0.25, 0.3) is 11.0 Å². The van der Waals surface area contributed by atoms with Gasteiger partial charge in [-0.2, -0.15) is 8.42 Å². The third-order valence-corrected chi connectivity index (χ3v) is 4.65. The van der Waals surface area contributed by atoms with Crippen LogP contribution in [0, 0.1) is 0 Å². The van der Waals surface area contributed by atoms with E-state index in [9.17, 15) is 8.42 Å². The molecule has 7 nitrogen and oxygen atoms in total. The molecule has 0 bridgehead atoms. The fourth-order valence-electron chi connectivity index (χ4n) is 1.93. The predicted molar refractivity (Wildman–Crippen MR) is 74.2 cm³/mol. The lowest BCUT2D eigenvalue weighted by Gasteiger charge is -2.25. The van der Waals surface area contributed by atoms with Crippen molar-refractivity contribution in [1.82, 2.24) is 14.3 Å². The molecule has 0 aliphatic carbocycles. The standard InChI is InChI=1S/C11H13N3O4S2/c15-20(16,17)11-12-9-2-1-8(7-10(9)13-11)19-14-3-5-18-6-4-14/h1-2,7H,3-6H2,(H,12,13)(H,15,16,17).